The third-order valence-corrected chi connectivity index (χ3v) is 10.8. The third-order valence-electron chi connectivity index (χ3n) is 10.8. The Bertz CT molecular complexity index is 2540. The Morgan fingerprint density at radius 2 is 0.448 bits per heavy atom. The van der Waals surface area contributed by atoms with Crippen molar-refractivity contribution in [1.82, 2.24) is 0 Å². The summed E-state index contributed by atoms with van der Waals surface area (Å²) >= 11 is 0. The highest BCUT2D eigenvalue weighted by molar-refractivity contribution is 5.82. The van der Waals surface area contributed by atoms with E-state index in [4.69, 9.17) is 0 Å². The molecule has 0 aliphatic rings. The Hall–Kier alpha value is -7.42. The molecular formula is C56H44N2. The number of rotatable bonds is 10. The predicted molar refractivity (Wildman–Crippen MR) is 247 cm³/mol. The number of hydrogen-bond donors (Lipinski definition) is 0. The molecule has 9 aromatic carbocycles. The first-order chi connectivity index (χ1) is 28.6. The fourth-order valence-corrected chi connectivity index (χ4v) is 7.76. The summed E-state index contributed by atoms with van der Waals surface area (Å²) in [5.74, 6) is 0. The Morgan fingerprint density at radius 3 is 0.707 bits per heavy atom. The Morgan fingerprint density at radius 1 is 0.207 bits per heavy atom. The first-order valence-electron chi connectivity index (χ1n) is 19.9. The summed E-state index contributed by atoms with van der Waals surface area (Å²) in [7, 11) is 0. The molecule has 0 saturated carbocycles. The van der Waals surface area contributed by atoms with Gasteiger partial charge in [-0.25, -0.2) is 0 Å². The summed E-state index contributed by atoms with van der Waals surface area (Å²) in [5.41, 5.74) is 18.8. The summed E-state index contributed by atoms with van der Waals surface area (Å²) < 4.78 is 0. The molecule has 9 rings (SSSR count). The predicted octanol–water partition coefficient (Wildman–Crippen LogP) is 15.9. The van der Waals surface area contributed by atoms with Gasteiger partial charge < -0.3 is 9.80 Å². The Balaban J connectivity index is 0.957. The van der Waals surface area contributed by atoms with Crippen LogP contribution >= 0.6 is 0 Å². The largest absolute Gasteiger partial charge is 0.310 e. The van der Waals surface area contributed by atoms with Gasteiger partial charge in [0.2, 0.25) is 0 Å². The van der Waals surface area contributed by atoms with Gasteiger partial charge in [-0.2, -0.15) is 0 Å². The van der Waals surface area contributed by atoms with E-state index in [2.05, 4.69) is 254 Å². The molecule has 0 spiro atoms. The monoisotopic (exact) mass is 744 g/mol. The van der Waals surface area contributed by atoms with Crippen LogP contribution in [0.3, 0.4) is 0 Å². The second kappa shape index (κ2) is 16.4. The summed E-state index contributed by atoms with van der Waals surface area (Å²) in [6.07, 6.45) is 0. The van der Waals surface area contributed by atoms with E-state index in [0.29, 0.717) is 0 Å². The van der Waals surface area contributed by atoms with Crippen LogP contribution in [0.4, 0.5) is 34.1 Å². The minimum atomic E-state index is 1.12. The van der Waals surface area contributed by atoms with Crippen molar-refractivity contribution in [2.45, 2.75) is 13.8 Å². The van der Waals surface area contributed by atoms with E-state index in [1.165, 1.54) is 55.6 Å². The molecule has 0 unspecified atom stereocenters. The maximum absolute atomic E-state index is 2.33. The average molecular weight is 745 g/mol. The molecule has 0 aliphatic carbocycles. The van der Waals surface area contributed by atoms with Crippen LogP contribution in [-0.4, -0.2) is 0 Å². The molecule has 0 N–H and O–H groups in total. The maximum atomic E-state index is 2.33. The van der Waals surface area contributed by atoms with Gasteiger partial charge in [-0.15, -0.1) is 0 Å². The minimum Gasteiger partial charge on any atom is -0.310 e. The van der Waals surface area contributed by atoms with E-state index in [1.54, 1.807) is 0 Å². The van der Waals surface area contributed by atoms with Gasteiger partial charge in [0.05, 0.1) is 0 Å². The van der Waals surface area contributed by atoms with Crippen molar-refractivity contribution in [2.24, 2.45) is 0 Å². The van der Waals surface area contributed by atoms with E-state index in [1.807, 2.05) is 0 Å². The van der Waals surface area contributed by atoms with Gasteiger partial charge in [0.15, 0.2) is 0 Å². The van der Waals surface area contributed by atoms with Gasteiger partial charge in [0.25, 0.3) is 0 Å². The maximum Gasteiger partial charge on any atom is 0.0464 e. The highest BCUT2D eigenvalue weighted by Crippen LogP contribution is 2.39. The van der Waals surface area contributed by atoms with Gasteiger partial charge in [-0.3, -0.25) is 0 Å². The molecule has 0 amide bonds. The number of anilines is 6. The fourth-order valence-electron chi connectivity index (χ4n) is 7.76. The van der Waals surface area contributed by atoms with Gasteiger partial charge in [-0.1, -0.05) is 158 Å². The van der Waals surface area contributed by atoms with Crippen molar-refractivity contribution in [3.8, 4) is 44.5 Å². The van der Waals surface area contributed by atoms with Gasteiger partial charge in [0, 0.05) is 34.1 Å². The van der Waals surface area contributed by atoms with Crippen LogP contribution in [0.5, 0.6) is 0 Å². The minimum absolute atomic E-state index is 1.12. The molecular weight excluding hydrogens is 701 g/mol. The van der Waals surface area contributed by atoms with Crippen molar-refractivity contribution in [2.75, 3.05) is 9.80 Å². The first-order valence-corrected chi connectivity index (χ1v) is 19.9. The zero-order chi connectivity index (χ0) is 39.3. The lowest BCUT2D eigenvalue weighted by atomic mass is 9.99. The van der Waals surface area contributed by atoms with Crippen molar-refractivity contribution in [3.63, 3.8) is 0 Å². The highest BCUT2D eigenvalue weighted by atomic mass is 15.1. The number of aryl methyl sites for hydroxylation is 2. The van der Waals surface area contributed by atoms with E-state index < -0.39 is 0 Å². The zero-order valence-corrected chi connectivity index (χ0v) is 32.8. The first kappa shape index (κ1) is 36.2. The summed E-state index contributed by atoms with van der Waals surface area (Å²) in [5, 5.41) is 0. The smallest absolute Gasteiger partial charge is 0.0464 e. The van der Waals surface area contributed by atoms with E-state index in [0.717, 1.165) is 34.1 Å². The molecule has 0 radical (unpaired) electrons. The molecule has 0 bridgehead atoms. The fraction of sp³-hybridized carbons (Fsp3) is 0.0357. The molecule has 2 nitrogen and oxygen atoms in total. The van der Waals surface area contributed by atoms with E-state index in [-0.39, 0.29) is 0 Å². The van der Waals surface area contributed by atoms with E-state index >= 15 is 0 Å². The number of nitrogens with zero attached hydrogens (tertiary/aromatic N) is 2. The summed E-state index contributed by atoms with van der Waals surface area (Å²) in [4.78, 5) is 4.66. The molecule has 9 aromatic rings. The van der Waals surface area contributed by atoms with Gasteiger partial charge in [-0.05, 0) is 142 Å². The lowest BCUT2D eigenvalue weighted by molar-refractivity contribution is 1.27. The topological polar surface area (TPSA) is 6.48 Å². The molecule has 58 heavy (non-hydrogen) atoms. The van der Waals surface area contributed by atoms with Crippen LogP contribution in [0.1, 0.15) is 11.1 Å². The Labute approximate surface area is 342 Å². The molecule has 0 aliphatic heterocycles. The highest BCUT2D eigenvalue weighted by Gasteiger charge is 2.15. The molecule has 0 aromatic heterocycles. The normalized spacial score (nSPS) is 10.9. The lowest BCUT2D eigenvalue weighted by Gasteiger charge is -2.26. The van der Waals surface area contributed by atoms with Crippen LogP contribution in [-0.2, 0) is 0 Å². The SMILES string of the molecule is Cc1cccc(N(c2ccc(-c3ccccc3)cc2)c2ccc(-c3ccc(-c4ccc(N(c5ccc(-c6ccccc6)cc5)c5cccc(C)c5)cc4)cc3)cc2)c1. The van der Waals surface area contributed by atoms with Crippen molar-refractivity contribution >= 4 is 34.1 Å². The number of hydrogen-bond acceptors (Lipinski definition) is 2. The molecule has 278 valence electrons. The van der Waals surface area contributed by atoms with Crippen LogP contribution in [0.25, 0.3) is 44.5 Å². The molecule has 0 fully saturated rings. The third kappa shape index (κ3) is 7.82. The number of benzene rings is 9. The van der Waals surface area contributed by atoms with Crippen LogP contribution in [0.15, 0.2) is 231 Å². The average Bonchev–Trinajstić information content (AvgIpc) is 3.28. The van der Waals surface area contributed by atoms with Crippen molar-refractivity contribution < 1.29 is 0 Å². The molecule has 0 saturated heterocycles. The van der Waals surface area contributed by atoms with E-state index in [9.17, 15) is 0 Å². The quantitative estimate of drug-likeness (QED) is 0.138. The van der Waals surface area contributed by atoms with Crippen molar-refractivity contribution in [1.29, 1.82) is 0 Å². The zero-order valence-electron chi connectivity index (χ0n) is 32.8. The Kier molecular flexibility index (Phi) is 10.2. The summed E-state index contributed by atoms with van der Waals surface area (Å²) in [6, 6.07) is 82.9. The van der Waals surface area contributed by atoms with Gasteiger partial charge >= 0.3 is 0 Å². The standard InChI is InChI=1S/C56H44N2/c1-41-11-9-17-55(39-41)57(51-31-23-47(24-32-51)43-13-5-3-6-14-43)53-35-27-49(28-36-53)45-19-21-46(22-20-45)50-29-37-54(38-30-50)58(56-18-10-12-42(2)40-56)52-33-25-48(26-34-52)44-15-7-4-8-16-44/h3-40H,1-2H3. The lowest BCUT2D eigenvalue weighted by Crippen LogP contribution is -2.10. The van der Waals surface area contributed by atoms with Crippen LogP contribution in [0, 0.1) is 13.8 Å². The second-order valence-electron chi connectivity index (χ2n) is 14.8. The molecule has 2 heteroatoms. The van der Waals surface area contributed by atoms with Crippen LogP contribution < -0.4 is 9.80 Å². The molecule has 0 heterocycles. The van der Waals surface area contributed by atoms with Gasteiger partial charge in [0.1, 0.15) is 0 Å². The summed E-state index contributed by atoms with van der Waals surface area (Å²) in [6.45, 7) is 4.29. The molecule has 0 atom stereocenters. The van der Waals surface area contributed by atoms with Crippen molar-refractivity contribution in [3.05, 3.63) is 242 Å². The second-order valence-corrected chi connectivity index (χ2v) is 14.8. The van der Waals surface area contributed by atoms with Crippen LogP contribution in [0.2, 0.25) is 0 Å².